The van der Waals surface area contributed by atoms with Crippen molar-refractivity contribution in [1.29, 1.82) is 0 Å². The zero-order valence-corrected chi connectivity index (χ0v) is 17.8. The van der Waals surface area contributed by atoms with Gasteiger partial charge in [0.1, 0.15) is 5.82 Å². The van der Waals surface area contributed by atoms with Gasteiger partial charge in [0.15, 0.2) is 5.82 Å². The topological polar surface area (TPSA) is 67.9 Å². The minimum absolute atomic E-state index is 0.0119. The summed E-state index contributed by atoms with van der Waals surface area (Å²) < 4.78 is 19.4. The number of pyridine rings is 2. The first-order chi connectivity index (χ1) is 15.7. The molecule has 0 spiro atoms. The summed E-state index contributed by atoms with van der Waals surface area (Å²) in [4.78, 5) is 15.7. The molecular weight excluding hydrogens is 405 g/mol. The molecule has 1 aliphatic rings. The monoisotopic (exact) mass is 429 g/mol. The second-order valence-electron chi connectivity index (χ2n) is 8.12. The summed E-state index contributed by atoms with van der Waals surface area (Å²) in [6.45, 7) is 2.70. The molecule has 0 aliphatic carbocycles. The van der Waals surface area contributed by atoms with Gasteiger partial charge in [0.05, 0.1) is 6.04 Å². The van der Waals surface area contributed by atoms with Gasteiger partial charge in [-0.1, -0.05) is 29.4 Å². The summed E-state index contributed by atoms with van der Waals surface area (Å²) in [5, 5.41) is 4.02. The van der Waals surface area contributed by atoms with E-state index in [-0.39, 0.29) is 23.8 Å². The minimum atomic E-state index is -0.252. The number of rotatable bonds is 6. The van der Waals surface area contributed by atoms with Crippen LogP contribution in [0.15, 0.2) is 77.8 Å². The van der Waals surface area contributed by atoms with Gasteiger partial charge in [0.25, 0.3) is 0 Å². The Morgan fingerprint density at radius 2 is 1.66 bits per heavy atom. The number of hydrogen-bond acceptors (Lipinski definition) is 6. The third kappa shape index (κ3) is 4.03. The van der Waals surface area contributed by atoms with Crippen LogP contribution >= 0.6 is 0 Å². The largest absolute Gasteiger partial charge is 0.338 e. The molecule has 0 N–H and O–H groups in total. The molecule has 0 radical (unpaired) electrons. The normalized spacial score (nSPS) is 17.7. The first-order valence-electron chi connectivity index (χ1n) is 10.8. The summed E-state index contributed by atoms with van der Waals surface area (Å²) >= 11 is 0. The first kappa shape index (κ1) is 20.5. The molecule has 32 heavy (non-hydrogen) atoms. The van der Waals surface area contributed by atoms with Crippen molar-refractivity contribution < 1.29 is 8.91 Å². The molecule has 1 fully saturated rings. The van der Waals surface area contributed by atoms with E-state index in [0.717, 1.165) is 36.1 Å². The average Bonchev–Trinajstić information content (AvgIpc) is 3.48. The van der Waals surface area contributed by atoms with E-state index < -0.39 is 0 Å². The highest BCUT2D eigenvalue weighted by Crippen LogP contribution is 2.47. The summed E-state index contributed by atoms with van der Waals surface area (Å²) in [5.41, 5.74) is 3.16. The molecule has 2 atom stereocenters. The lowest BCUT2D eigenvalue weighted by atomic mass is 9.81. The summed E-state index contributed by atoms with van der Waals surface area (Å²) in [6.07, 6.45) is 9.28. The van der Waals surface area contributed by atoms with Crippen LogP contribution in [0.5, 0.6) is 0 Å². The summed E-state index contributed by atoms with van der Waals surface area (Å²) in [5.74, 6) is 0.939. The van der Waals surface area contributed by atoms with Crippen molar-refractivity contribution in [2.24, 2.45) is 0 Å². The van der Waals surface area contributed by atoms with Crippen LogP contribution in [0.3, 0.4) is 0 Å². The Morgan fingerprint density at radius 3 is 2.22 bits per heavy atom. The maximum absolute atomic E-state index is 13.9. The van der Waals surface area contributed by atoms with Crippen molar-refractivity contribution in [1.82, 2.24) is 25.0 Å². The number of benzene rings is 1. The quantitative estimate of drug-likeness (QED) is 0.429. The molecule has 4 aromatic rings. The van der Waals surface area contributed by atoms with Gasteiger partial charge in [0.2, 0.25) is 5.89 Å². The van der Waals surface area contributed by atoms with Crippen LogP contribution in [0.25, 0.3) is 0 Å². The number of hydrogen-bond donors (Lipinski definition) is 0. The second-order valence-corrected chi connectivity index (χ2v) is 8.12. The molecule has 1 aliphatic heterocycles. The summed E-state index contributed by atoms with van der Waals surface area (Å²) in [7, 11) is 0. The highest BCUT2D eigenvalue weighted by molar-refractivity contribution is 5.36. The highest BCUT2D eigenvalue weighted by Gasteiger charge is 2.40. The third-order valence-electron chi connectivity index (χ3n) is 6.09. The van der Waals surface area contributed by atoms with Gasteiger partial charge in [-0.3, -0.25) is 14.9 Å². The number of aromatic nitrogens is 4. The van der Waals surface area contributed by atoms with Crippen molar-refractivity contribution in [3.8, 4) is 0 Å². The van der Waals surface area contributed by atoms with E-state index in [2.05, 4.69) is 37.1 Å². The minimum Gasteiger partial charge on any atom is -0.338 e. The van der Waals surface area contributed by atoms with Gasteiger partial charge in [-0.25, -0.2) is 4.39 Å². The lowest BCUT2D eigenvalue weighted by molar-refractivity contribution is 0.138. The molecule has 7 heteroatoms. The van der Waals surface area contributed by atoms with E-state index in [9.17, 15) is 4.39 Å². The van der Waals surface area contributed by atoms with Gasteiger partial charge < -0.3 is 4.52 Å². The van der Waals surface area contributed by atoms with Crippen LogP contribution < -0.4 is 0 Å². The fourth-order valence-electron chi connectivity index (χ4n) is 4.75. The zero-order chi connectivity index (χ0) is 21.9. The van der Waals surface area contributed by atoms with Crippen molar-refractivity contribution in [2.45, 2.75) is 37.8 Å². The van der Waals surface area contributed by atoms with Crippen molar-refractivity contribution in [3.63, 3.8) is 0 Å². The molecule has 0 bridgehead atoms. The molecular formula is C25H24FN5O. The van der Waals surface area contributed by atoms with Crippen molar-refractivity contribution in [2.75, 3.05) is 6.54 Å². The Morgan fingerprint density at radius 1 is 0.969 bits per heavy atom. The van der Waals surface area contributed by atoms with Crippen LogP contribution in [-0.2, 0) is 0 Å². The van der Waals surface area contributed by atoms with Gasteiger partial charge >= 0.3 is 0 Å². The van der Waals surface area contributed by atoms with E-state index in [1.807, 2.05) is 43.6 Å². The molecule has 0 amide bonds. The number of nitrogens with zero attached hydrogens (tertiary/aromatic N) is 5. The fraction of sp³-hybridized carbons (Fsp3) is 0.280. The third-order valence-corrected chi connectivity index (χ3v) is 6.09. The Bertz CT molecular complexity index is 1110. The van der Waals surface area contributed by atoms with E-state index in [1.54, 1.807) is 12.4 Å². The molecule has 3 aromatic heterocycles. The Hall–Kier alpha value is -3.45. The maximum Gasteiger partial charge on any atom is 0.244 e. The van der Waals surface area contributed by atoms with Crippen LogP contribution in [-0.4, -0.2) is 31.6 Å². The predicted octanol–water partition coefficient (Wildman–Crippen LogP) is 5.02. The zero-order valence-electron chi connectivity index (χ0n) is 17.8. The molecule has 0 saturated carbocycles. The number of aryl methyl sites for hydroxylation is 1. The van der Waals surface area contributed by atoms with Crippen LogP contribution in [0, 0.1) is 12.7 Å². The Balaban J connectivity index is 1.67. The van der Waals surface area contributed by atoms with Gasteiger partial charge in [-0.05, 0) is 67.3 Å². The van der Waals surface area contributed by atoms with E-state index in [0.29, 0.717) is 11.7 Å². The second kappa shape index (κ2) is 8.96. The highest BCUT2D eigenvalue weighted by atomic mass is 19.1. The molecule has 5 rings (SSSR count). The smallest absolute Gasteiger partial charge is 0.244 e. The SMILES string of the molecule is Cc1noc(C2CCCN2C(c2ccc(F)cc2)C(c2cccnc2)c2cccnc2)n1. The Kier molecular flexibility index (Phi) is 5.73. The molecule has 6 nitrogen and oxygen atoms in total. The lowest BCUT2D eigenvalue weighted by Crippen LogP contribution is -2.33. The van der Waals surface area contributed by atoms with Crippen molar-refractivity contribution in [3.05, 3.63) is 108 Å². The van der Waals surface area contributed by atoms with Crippen LogP contribution in [0.1, 0.15) is 59.2 Å². The molecule has 2 unspecified atom stereocenters. The van der Waals surface area contributed by atoms with Gasteiger partial charge in [-0.15, -0.1) is 0 Å². The fourth-order valence-corrected chi connectivity index (χ4v) is 4.75. The van der Waals surface area contributed by atoms with E-state index in [1.165, 1.54) is 12.1 Å². The van der Waals surface area contributed by atoms with Crippen molar-refractivity contribution >= 4 is 0 Å². The predicted molar refractivity (Wildman–Crippen MR) is 117 cm³/mol. The molecule has 4 heterocycles. The standard InChI is InChI=1S/C25H24FN5O/c1-17-29-25(32-30-17)22-7-4-14-31(22)24(18-8-10-21(26)11-9-18)23(19-5-2-12-27-15-19)20-6-3-13-28-16-20/h2-3,5-6,8-13,15-16,22-24H,4,7,14H2,1H3. The van der Waals surface area contributed by atoms with Gasteiger partial charge in [-0.2, -0.15) is 4.98 Å². The van der Waals surface area contributed by atoms with Crippen LogP contribution in [0.4, 0.5) is 4.39 Å². The maximum atomic E-state index is 13.9. The van der Waals surface area contributed by atoms with E-state index in [4.69, 9.17) is 4.52 Å². The molecule has 1 saturated heterocycles. The molecule has 162 valence electrons. The Labute approximate surface area is 186 Å². The van der Waals surface area contributed by atoms with E-state index >= 15 is 0 Å². The van der Waals surface area contributed by atoms with Gasteiger partial charge in [0, 0.05) is 36.7 Å². The lowest BCUT2D eigenvalue weighted by Gasteiger charge is -2.38. The number of halogens is 1. The average molecular weight is 429 g/mol. The summed E-state index contributed by atoms with van der Waals surface area (Å²) in [6, 6.07) is 14.7. The molecule has 1 aromatic carbocycles. The first-order valence-corrected chi connectivity index (χ1v) is 10.8. The van der Waals surface area contributed by atoms with Crippen LogP contribution in [0.2, 0.25) is 0 Å². The number of likely N-dealkylation sites (tertiary alicyclic amines) is 1.